The molecule has 0 radical (unpaired) electrons. The summed E-state index contributed by atoms with van der Waals surface area (Å²) in [5.41, 5.74) is 2.38. The van der Waals surface area contributed by atoms with Crippen LogP contribution in [0.1, 0.15) is 27.9 Å². The van der Waals surface area contributed by atoms with E-state index in [1.54, 1.807) is 54.6 Å². The molecule has 0 aliphatic carbocycles. The number of imide groups is 1. The van der Waals surface area contributed by atoms with E-state index in [1.807, 2.05) is 19.1 Å². The van der Waals surface area contributed by atoms with E-state index in [0.29, 0.717) is 16.8 Å². The second-order valence-electron chi connectivity index (χ2n) is 7.50. The standard InChI is InChI=1S/C25H21FN2O3/c1-17-7-5-6-10-21(17)24(30)27(16-18-11-13-19(26)14-12-18)22-15-23(29)28(25(22)31)20-8-3-2-4-9-20/h2-14,22H,15-16H2,1H3. The van der Waals surface area contributed by atoms with Crippen molar-refractivity contribution in [2.75, 3.05) is 4.90 Å². The average Bonchev–Trinajstić information content (AvgIpc) is 3.07. The summed E-state index contributed by atoms with van der Waals surface area (Å²) in [5, 5.41) is 0. The predicted octanol–water partition coefficient (Wildman–Crippen LogP) is 4.11. The van der Waals surface area contributed by atoms with E-state index in [0.717, 1.165) is 10.5 Å². The Kier molecular flexibility index (Phi) is 5.62. The van der Waals surface area contributed by atoms with Crippen LogP contribution >= 0.6 is 0 Å². The highest BCUT2D eigenvalue weighted by molar-refractivity contribution is 6.23. The summed E-state index contributed by atoms with van der Waals surface area (Å²) in [6, 6.07) is 20.6. The van der Waals surface area contributed by atoms with Gasteiger partial charge < -0.3 is 4.90 Å². The number of rotatable bonds is 5. The molecule has 6 heteroatoms. The number of halogens is 1. The van der Waals surface area contributed by atoms with Crippen molar-refractivity contribution in [3.8, 4) is 0 Å². The average molecular weight is 416 g/mol. The van der Waals surface area contributed by atoms with Gasteiger partial charge in [-0.15, -0.1) is 0 Å². The van der Waals surface area contributed by atoms with Gasteiger partial charge >= 0.3 is 0 Å². The van der Waals surface area contributed by atoms with Gasteiger partial charge in [-0.1, -0.05) is 48.5 Å². The number of carbonyl (C=O) groups excluding carboxylic acids is 3. The van der Waals surface area contributed by atoms with Crippen molar-refractivity contribution < 1.29 is 18.8 Å². The molecule has 0 saturated carbocycles. The summed E-state index contributed by atoms with van der Waals surface area (Å²) in [4.78, 5) is 42.1. The molecular formula is C25H21FN2O3. The fraction of sp³-hybridized carbons (Fsp3) is 0.160. The van der Waals surface area contributed by atoms with Gasteiger partial charge in [-0.2, -0.15) is 0 Å². The molecule has 5 nitrogen and oxygen atoms in total. The van der Waals surface area contributed by atoms with E-state index in [9.17, 15) is 18.8 Å². The van der Waals surface area contributed by atoms with E-state index < -0.39 is 11.9 Å². The third-order valence-corrected chi connectivity index (χ3v) is 5.42. The van der Waals surface area contributed by atoms with Crippen molar-refractivity contribution in [1.29, 1.82) is 0 Å². The van der Waals surface area contributed by atoms with Gasteiger partial charge in [0.2, 0.25) is 5.91 Å². The zero-order valence-electron chi connectivity index (χ0n) is 17.0. The molecule has 3 amide bonds. The van der Waals surface area contributed by atoms with E-state index in [2.05, 4.69) is 0 Å². The quantitative estimate of drug-likeness (QED) is 0.588. The minimum absolute atomic E-state index is 0.0831. The number of anilines is 1. The van der Waals surface area contributed by atoms with Crippen LogP contribution in [0.4, 0.5) is 10.1 Å². The molecule has 1 saturated heterocycles. The van der Waals surface area contributed by atoms with Gasteiger partial charge in [-0.3, -0.25) is 14.4 Å². The monoisotopic (exact) mass is 416 g/mol. The van der Waals surface area contributed by atoms with Crippen molar-refractivity contribution in [3.63, 3.8) is 0 Å². The van der Waals surface area contributed by atoms with Crippen LogP contribution in [0.3, 0.4) is 0 Å². The zero-order chi connectivity index (χ0) is 22.0. The molecule has 0 N–H and O–H groups in total. The van der Waals surface area contributed by atoms with Crippen LogP contribution in [-0.4, -0.2) is 28.7 Å². The summed E-state index contributed by atoms with van der Waals surface area (Å²) in [6.45, 7) is 1.90. The normalized spacial score (nSPS) is 15.9. The SMILES string of the molecule is Cc1ccccc1C(=O)N(Cc1ccc(F)cc1)C1CC(=O)N(c2ccccc2)C1=O. The fourth-order valence-corrected chi connectivity index (χ4v) is 3.79. The molecular weight excluding hydrogens is 395 g/mol. The Hall–Kier alpha value is -3.80. The number of amides is 3. The second kappa shape index (κ2) is 8.52. The van der Waals surface area contributed by atoms with Gasteiger partial charge in [-0.05, 0) is 48.4 Å². The number of nitrogens with zero attached hydrogens (tertiary/aromatic N) is 2. The molecule has 1 aliphatic rings. The summed E-state index contributed by atoms with van der Waals surface area (Å²) >= 11 is 0. The number of hydrogen-bond acceptors (Lipinski definition) is 3. The van der Waals surface area contributed by atoms with Crippen LogP contribution in [0.5, 0.6) is 0 Å². The fourth-order valence-electron chi connectivity index (χ4n) is 3.79. The molecule has 3 aromatic rings. The number of carbonyl (C=O) groups is 3. The maximum absolute atomic E-state index is 13.5. The predicted molar refractivity (Wildman–Crippen MR) is 115 cm³/mol. The molecule has 1 atom stereocenters. The van der Waals surface area contributed by atoms with Crippen LogP contribution in [-0.2, 0) is 16.1 Å². The van der Waals surface area contributed by atoms with Gasteiger partial charge in [0, 0.05) is 12.1 Å². The largest absolute Gasteiger partial charge is 0.322 e. The molecule has 1 fully saturated rings. The Balaban J connectivity index is 1.71. The first-order valence-electron chi connectivity index (χ1n) is 9.98. The van der Waals surface area contributed by atoms with Crippen molar-refractivity contribution in [3.05, 3.63) is 101 Å². The van der Waals surface area contributed by atoms with Gasteiger partial charge in [0.1, 0.15) is 11.9 Å². The topological polar surface area (TPSA) is 57.7 Å². The molecule has 0 aromatic heterocycles. The molecule has 3 aromatic carbocycles. The number of hydrogen-bond donors (Lipinski definition) is 0. The van der Waals surface area contributed by atoms with Crippen LogP contribution < -0.4 is 4.90 Å². The smallest absolute Gasteiger partial charge is 0.257 e. The summed E-state index contributed by atoms with van der Waals surface area (Å²) < 4.78 is 13.4. The molecule has 1 heterocycles. The van der Waals surface area contributed by atoms with Crippen LogP contribution in [0.25, 0.3) is 0 Å². The first-order valence-corrected chi connectivity index (χ1v) is 9.98. The lowest BCUT2D eigenvalue weighted by molar-refractivity contribution is -0.122. The molecule has 4 rings (SSSR count). The minimum atomic E-state index is -0.940. The first kappa shape index (κ1) is 20.5. The molecule has 1 unspecified atom stereocenters. The highest BCUT2D eigenvalue weighted by atomic mass is 19.1. The van der Waals surface area contributed by atoms with Crippen molar-refractivity contribution >= 4 is 23.4 Å². The van der Waals surface area contributed by atoms with E-state index in [4.69, 9.17) is 0 Å². The lowest BCUT2D eigenvalue weighted by Crippen LogP contribution is -2.45. The van der Waals surface area contributed by atoms with Crippen molar-refractivity contribution in [1.82, 2.24) is 4.90 Å². The molecule has 31 heavy (non-hydrogen) atoms. The number of para-hydroxylation sites is 1. The van der Waals surface area contributed by atoms with Crippen LogP contribution in [0.15, 0.2) is 78.9 Å². The molecule has 0 spiro atoms. The van der Waals surface area contributed by atoms with E-state index in [-0.39, 0.29) is 30.6 Å². The Morgan fingerprint density at radius 2 is 1.61 bits per heavy atom. The number of benzene rings is 3. The van der Waals surface area contributed by atoms with E-state index >= 15 is 0 Å². The highest BCUT2D eigenvalue weighted by Gasteiger charge is 2.44. The van der Waals surface area contributed by atoms with Gasteiger partial charge in [0.25, 0.3) is 11.8 Å². The lowest BCUT2D eigenvalue weighted by atomic mass is 10.0. The third-order valence-electron chi connectivity index (χ3n) is 5.42. The maximum atomic E-state index is 13.5. The van der Waals surface area contributed by atoms with Gasteiger partial charge in [0.05, 0.1) is 12.1 Å². The Morgan fingerprint density at radius 1 is 0.968 bits per heavy atom. The van der Waals surface area contributed by atoms with Crippen molar-refractivity contribution in [2.24, 2.45) is 0 Å². The maximum Gasteiger partial charge on any atom is 0.257 e. The third kappa shape index (κ3) is 4.10. The Labute approximate surface area is 179 Å². The Bertz CT molecular complexity index is 1130. The van der Waals surface area contributed by atoms with Crippen LogP contribution in [0.2, 0.25) is 0 Å². The zero-order valence-corrected chi connectivity index (χ0v) is 17.0. The second-order valence-corrected chi connectivity index (χ2v) is 7.50. The van der Waals surface area contributed by atoms with E-state index in [1.165, 1.54) is 17.0 Å². The number of aryl methyl sites for hydroxylation is 1. The molecule has 1 aliphatic heterocycles. The van der Waals surface area contributed by atoms with Gasteiger partial charge in [-0.25, -0.2) is 9.29 Å². The minimum Gasteiger partial charge on any atom is -0.322 e. The highest BCUT2D eigenvalue weighted by Crippen LogP contribution is 2.28. The Morgan fingerprint density at radius 3 is 2.29 bits per heavy atom. The van der Waals surface area contributed by atoms with Crippen LogP contribution in [0, 0.1) is 12.7 Å². The molecule has 156 valence electrons. The van der Waals surface area contributed by atoms with Gasteiger partial charge in [0.15, 0.2) is 0 Å². The summed E-state index contributed by atoms with van der Waals surface area (Å²) in [7, 11) is 0. The van der Waals surface area contributed by atoms with Crippen molar-refractivity contribution in [2.45, 2.75) is 25.9 Å². The lowest BCUT2D eigenvalue weighted by Gasteiger charge is -2.28. The molecule has 0 bridgehead atoms. The summed E-state index contributed by atoms with van der Waals surface area (Å²) in [5.74, 6) is -1.53. The first-order chi connectivity index (χ1) is 15.0. The summed E-state index contributed by atoms with van der Waals surface area (Å²) in [6.07, 6.45) is -0.105.